The number of rotatable bonds is 5. The van der Waals surface area contributed by atoms with Crippen LogP contribution in [0.3, 0.4) is 0 Å². The van der Waals surface area contributed by atoms with Crippen LogP contribution in [0.5, 0.6) is 0 Å². The van der Waals surface area contributed by atoms with E-state index in [-0.39, 0.29) is 5.12 Å². The van der Waals surface area contributed by atoms with Crippen molar-refractivity contribution in [2.24, 2.45) is 0 Å². The molecule has 4 aromatic rings. The van der Waals surface area contributed by atoms with Crippen LogP contribution in [0.1, 0.15) is 47.1 Å². The maximum Gasteiger partial charge on any atom is 0.190 e. The Morgan fingerprint density at radius 1 is 0.758 bits per heavy atom. The zero-order chi connectivity index (χ0) is 22.9. The molecule has 0 saturated carbocycles. The van der Waals surface area contributed by atoms with E-state index in [2.05, 4.69) is 74.5 Å². The highest BCUT2D eigenvalue weighted by atomic mass is 32.2. The molecule has 0 aliphatic heterocycles. The zero-order valence-corrected chi connectivity index (χ0v) is 21.6. The summed E-state index contributed by atoms with van der Waals surface area (Å²) in [6.45, 7) is 6.13. The fraction of sp³-hybridized carbons (Fsp3) is 0.207. The molecule has 0 bridgehead atoms. The normalized spacial score (nSPS) is 13.7. The second-order valence-electron chi connectivity index (χ2n) is 8.46. The minimum Gasteiger partial charge on any atom is -0.287 e. The Labute approximate surface area is 208 Å². The standard InChI is InChI=1S/C29H26OS3/c1-18-26(16-28(31-18)21-9-5-4-6-10-21)24-13-8-14-25(24)27-17-29(32-19(27)2)22-11-7-12-23(15-22)33-20(3)30/h4-7,9-12,15-17H,8,13-14H2,1-3H3. The van der Waals surface area contributed by atoms with Gasteiger partial charge in [-0.2, -0.15) is 0 Å². The van der Waals surface area contributed by atoms with Crippen LogP contribution in [0.4, 0.5) is 0 Å². The zero-order valence-electron chi connectivity index (χ0n) is 19.1. The Balaban J connectivity index is 1.53. The fourth-order valence-corrected chi connectivity index (χ4v) is 7.43. The van der Waals surface area contributed by atoms with E-state index in [1.807, 2.05) is 28.7 Å². The lowest BCUT2D eigenvalue weighted by atomic mass is 9.96. The van der Waals surface area contributed by atoms with Crippen LogP contribution in [0, 0.1) is 13.8 Å². The van der Waals surface area contributed by atoms with Gasteiger partial charge in [0.1, 0.15) is 0 Å². The summed E-state index contributed by atoms with van der Waals surface area (Å²) in [5.41, 5.74) is 8.37. The van der Waals surface area contributed by atoms with Crippen LogP contribution in [0.25, 0.3) is 32.0 Å². The van der Waals surface area contributed by atoms with Crippen LogP contribution in [0.2, 0.25) is 0 Å². The summed E-state index contributed by atoms with van der Waals surface area (Å²) < 4.78 is 0. The molecule has 0 fully saturated rings. The quantitative estimate of drug-likeness (QED) is 0.261. The molecule has 2 aromatic heterocycles. The summed E-state index contributed by atoms with van der Waals surface area (Å²) in [7, 11) is 0. The first-order valence-corrected chi connectivity index (χ1v) is 13.7. The van der Waals surface area contributed by atoms with Crippen LogP contribution < -0.4 is 0 Å². The third kappa shape index (κ3) is 4.65. The Hall–Kier alpha value is -2.40. The highest BCUT2D eigenvalue weighted by Crippen LogP contribution is 2.47. The first-order valence-electron chi connectivity index (χ1n) is 11.3. The number of allylic oxidation sites excluding steroid dienone is 2. The summed E-state index contributed by atoms with van der Waals surface area (Å²) in [6.07, 6.45) is 3.51. The van der Waals surface area contributed by atoms with Crippen molar-refractivity contribution in [3.63, 3.8) is 0 Å². The van der Waals surface area contributed by atoms with Crippen molar-refractivity contribution in [2.45, 2.75) is 44.9 Å². The first-order chi connectivity index (χ1) is 16.0. The summed E-state index contributed by atoms with van der Waals surface area (Å²) in [5.74, 6) is 0. The Kier molecular flexibility index (Phi) is 6.42. The number of carbonyl (C=O) groups is 1. The number of hydrogen-bond donors (Lipinski definition) is 0. The maximum absolute atomic E-state index is 11.5. The van der Waals surface area contributed by atoms with Crippen LogP contribution in [-0.2, 0) is 4.79 Å². The van der Waals surface area contributed by atoms with Crippen LogP contribution in [-0.4, -0.2) is 5.12 Å². The van der Waals surface area contributed by atoms with Gasteiger partial charge in [0, 0.05) is 31.3 Å². The number of thiophene rings is 2. The third-order valence-corrected chi connectivity index (χ3v) is 9.12. The number of carbonyl (C=O) groups excluding carboxylic acids is 1. The van der Waals surface area contributed by atoms with Gasteiger partial charge in [0.05, 0.1) is 0 Å². The van der Waals surface area contributed by atoms with Gasteiger partial charge in [-0.15, -0.1) is 22.7 Å². The Morgan fingerprint density at radius 2 is 1.33 bits per heavy atom. The lowest BCUT2D eigenvalue weighted by Gasteiger charge is -2.07. The molecule has 0 N–H and O–H groups in total. The van der Waals surface area contributed by atoms with Crippen molar-refractivity contribution >= 4 is 50.7 Å². The fourth-order valence-electron chi connectivity index (χ4n) is 4.67. The molecule has 0 unspecified atom stereocenters. The van der Waals surface area contributed by atoms with E-state index in [0.717, 1.165) is 17.7 Å². The van der Waals surface area contributed by atoms with Crippen molar-refractivity contribution in [3.8, 4) is 20.9 Å². The molecule has 0 amide bonds. The highest BCUT2D eigenvalue weighted by Gasteiger charge is 2.23. The molecule has 2 aromatic carbocycles. The lowest BCUT2D eigenvalue weighted by molar-refractivity contribution is -0.109. The first kappa shape index (κ1) is 22.4. The summed E-state index contributed by atoms with van der Waals surface area (Å²) in [6, 6.07) is 23.8. The predicted octanol–water partition coefficient (Wildman–Crippen LogP) is 9.49. The van der Waals surface area contributed by atoms with Gasteiger partial charge in [0.2, 0.25) is 0 Å². The van der Waals surface area contributed by atoms with E-state index in [1.54, 1.807) is 6.92 Å². The van der Waals surface area contributed by atoms with Gasteiger partial charge in [-0.05, 0) is 90.8 Å². The van der Waals surface area contributed by atoms with E-state index in [9.17, 15) is 4.79 Å². The monoisotopic (exact) mass is 486 g/mol. The Bertz CT molecular complexity index is 1350. The molecular weight excluding hydrogens is 461 g/mol. The largest absolute Gasteiger partial charge is 0.287 e. The average Bonchev–Trinajstić information content (AvgIpc) is 3.52. The molecule has 1 aliphatic carbocycles. The minimum atomic E-state index is 0.122. The van der Waals surface area contributed by atoms with E-state index in [0.29, 0.717) is 0 Å². The van der Waals surface area contributed by atoms with Gasteiger partial charge in [-0.25, -0.2) is 0 Å². The van der Waals surface area contributed by atoms with Crippen molar-refractivity contribution in [2.75, 3.05) is 0 Å². The number of thioether (sulfide) groups is 1. The van der Waals surface area contributed by atoms with Crippen LogP contribution in [0.15, 0.2) is 71.6 Å². The van der Waals surface area contributed by atoms with Gasteiger partial charge in [-0.1, -0.05) is 54.2 Å². The van der Waals surface area contributed by atoms with E-state index in [1.165, 1.54) is 71.1 Å². The van der Waals surface area contributed by atoms with Gasteiger partial charge >= 0.3 is 0 Å². The van der Waals surface area contributed by atoms with Gasteiger partial charge in [-0.3, -0.25) is 4.79 Å². The van der Waals surface area contributed by atoms with Gasteiger partial charge in [0.15, 0.2) is 5.12 Å². The molecule has 1 nitrogen and oxygen atoms in total. The second-order valence-corrected chi connectivity index (χ2v) is 12.2. The van der Waals surface area contributed by atoms with Crippen molar-refractivity contribution in [3.05, 3.63) is 87.6 Å². The molecule has 0 radical (unpaired) electrons. The van der Waals surface area contributed by atoms with E-state index >= 15 is 0 Å². The molecule has 0 spiro atoms. The molecule has 166 valence electrons. The smallest absolute Gasteiger partial charge is 0.190 e. The van der Waals surface area contributed by atoms with E-state index in [4.69, 9.17) is 0 Å². The molecule has 1 aliphatic rings. The highest BCUT2D eigenvalue weighted by molar-refractivity contribution is 8.13. The van der Waals surface area contributed by atoms with Crippen molar-refractivity contribution < 1.29 is 4.79 Å². The summed E-state index contributed by atoms with van der Waals surface area (Å²) >= 11 is 5.06. The summed E-state index contributed by atoms with van der Waals surface area (Å²) in [4.78, 5) is 18.0. The SMILES string of the molecule is CC(=O)Sc1cccc(-c2cc(C3=C(c4cc(-c5ccccc5)sc4C)CCC3)c(C)s2)c1. The van der Waals surface area contributed by atoms with Crippen molar-refractivity contribution in [1.29, 1.82) is 0 Å². The number of benzene rings is 2. The second kappa shape index (κ2) is 9.46. The molecular formula is C29H26OS3. The average molecular weight is 487 g/mol. The Morgan fingerprint density at radius 3 is 1.94 bits per heavy atom. The van der Waals surface area contributed by atoms with Crippen molar-refractivity contribution in [1.82, 2.24) is 0 Å². The topological polar surface area (TPSA) is 17.1 Å². The van der Waals surface area contributed by atoms with E-state index < -0.39 is 0 Å². The third-order valence-electron chi connectivity index (χ3n) is 6.14. The lowest BCUT2D eigenvalue weighted by Crippen LogP contribution is -1.86. The number of hydrogen-bond acceptors (Lipinski definition) is 4. The molecule has 2 heterocycles. The van der Waals surface area contributed by atoms with Crippen LogP contribution >= 0.6 is 34.4 Å². The minimum absolute atomic E-state index is 0.122. The van der Waals surface area contributed by atoms with Gasteiger partial charge < -0.3 is 0 Å². The molecule has 33 heavy (non-hydrogen) atoms. The molecule has 0 atom stereocenters. The summed E-state index contributed by atoms with van der Waals surface area (Å²) in [5, 5.41) is 0.122. The van der Waals surface area contributed by atoms with Gasteiger partial charge in [0.25, 0.3) is 0 Å². The number of aryl methyl sites for hydroxylation is 2. The maximum atomic E-state index is 11.5. The predicted molar refractivity (Wildman–Crippen MR) is 146 cm³/mol. The molecule has 4 heteroatoms. The molecule has 5 rings (SSSR count). The molecule has 0 saturated heterocycles.